The van der Waals surface area contributed by atoms with Gasteiger partial charge in [-0.3, -0.25) is 0 Å². The number of thiocarbonyl (C=S) groups is 1. The van der Waals surface area contributed by atoms with Gasteiger partial charge < -0.3 is 11.1 Å². The number of pyridine rings is 1. The molecule has 1 saturated carbocycles. The van der Waals surface area contributed by atoms with Crippen LogP contribution < -0.4 is 11.1 Å². The fourth-order valence-electron chi connectivity index (χ4n) is 4.12. The lowest BCUT2D eigenvalue weighted by molar-refractivity contribution is 0.105. The molecule has 4 heteroatoms. The molecule has 0 aliphatic heterocycles. The van der Waals surface area contributed by atoms with Gasteiger partial charge in [0.15, 0.2) is 0 Å². The zero-order valence-corrected chi connectivity index (χ0v) is 14.6. The van der Waals surface area contributed by atoms with Crippen LogP contribution in [0.2, 0.25) is 0 Å². The normalized spacial score (nSPS) is 21.0. The van der Waals surface area contributed by atoms with Gasteiger partial charge in [-0.2, -0.15) is 0 Å². The van der Waals surface area contributed by atoms with Gasteiger partial charge in [0, 0.05) is 12.2 Å². The molecule has 0 saturated heterocycles. The Morgan fingerprint density at radius 2 is 1.86 bits per heavy atom. The SMILES string of the molecule is Cc1ccnc(NC2CC(C)(C)CC(C)(C)C2)c1C(N)=S. The number of anilines is 1. The Labute approximate surface area is 133 Å². The minimum atomic E-state index is 0.340. The van der Waals surface area contributed by atoms with Gasteiger partial charge in [0.25, 0.3) is 0 Å². The first kappa shape index (κ1) is 16.2. The molecule has 2 rings (SSSR count). The molecule has 1 aliphatic carbocycles. The van der Waals surface area contributed by atoms with Gasteiger partial charge in [0.05, 0.1) is 5.56 Å². The Hall–Kier alpha value is -1.16. The van der Waals surface area contributed by atoms with Crippen LogP contribution in [0.4, 0.5) is 5.82 Å². The fourth-order valence-corrected chi connectivity index (χ4v) is 4.38. The van der Waals surface area contributed by atoms with Crippen molar-refractivity contribution in [1.82, 2.24) is 4.98 Å². The molecule has 0 aromatic carbocycles. The van der Waals surface area contributed by atoms with E-state index in [1.54, 1.807) is 0 Å². The van der Waals surface area contributed by atoms with Crippen molar-refractivity contribution < 1.29 is 0 Å². The molecule has 116 valence electrons. The first-order chi connectivity index (χ1) is 9.60. The van der Waals surface area contributed by atoms with E-state index in [0.717, 1.165) is 29.8 Å². The number of nitrogens with two attached hydrogens (primary N) is 1. The summed E-state index contributed by atoms with van der Waals surface area (Å²) in [6, 6.07) is 2.36. The van der Waals surface area contributed by atoms with Gasteiger partial charge in [-0.05, 0) is 48.6 Å². The van der Waals surface area contributed by atoms with Gasteiger partial charge in [-0.15, -0.1) is 0 Å². The summed E-state index contributed by atoms with van der Waals surface area (Å²) < 4.78 is 0. The Balaban J connectivity index is 2.26. The van der Waals surface area contributed by atoms with Crippen molar-refractivity contribution >= 4 is 23.0 Å². The van der Waals surface area contributed by atoms with E-state index < -0.39 is 0 Å². The number of nitrogens with zero attached hydrogens (tertiary/aromatic N) is 1. The van der Waals surface area contributed by atoms with E-state index in [-0.39, 0.29) is 0 Å². The van der Waals surface area contributed by atoms with Crippen LogP contribution in [0.3, 0.4) is 0 Å². The number of rotatable bonds is 3. The first-order valence-corrected chi connectivity index (χ1v) is 8.02. The standard InChI is InChI=1S/C17H27N3S/c1-11-6-7-19-15(13(11)14(18)21)20-12-8-16(2,3)10-17(4,5)9-12/h6-7,12H,8-10H2,1-5H3,(H2,18,21)(H,19,20). The summed E-state index contributed by atoms with van der Waals surface area (Å²) >= 11 is 5.19. The van der Waals surface area contributed by atoms with Crippen LogP contribution in [-0.2, 0) is 0 Å². The van der Waals surface area contributed by atoms with Gasteiger partial charge in [0.2, 0.25) is 0 Å². The summed E-state index contributed by atoms with van der Waals surface area (Å²) in [5.74, 6) is 0.834. The molecular formula is C17H27N3S. The zero-order valence-electron chi connectivity index (χ0n) is 13.8. The average molecular weight is 305 g/mol. The molecule has 1 fully saturated rings. The molecule has 1 aromatic heterocycles. The van der Waals surface area contributed by atoms with E-state index in [2.05, 4.69) is 38.0 Å². The van der Waals surface area contributed by atoms with E-state index >= 15 is 0 Å². The van der Waals surface area contributed by atoms with Crippen LogP contribution in [0, 0.1) is 17.8 Å². The van der Waals surface area contributed by atoms with Gasteiger partial charge >= 0.3 is 0 Å². The maximum Gasteiger partial charge on any atom is 0.136 e. The fraction of sp³-hybridized carbons (Fsp3) is 0.647. The quantitative estimate of drug-likeness (QED) is 0.828. The predicted octanol–water partition coefficient (Wildman–Crippen LogP) is 4.04. The number of hydrogen-bond acceptors (Lipinski definition) is 3. The molecule has 1 aliphatic rings. The second-order valence-corrected chi connectivity index (χ2v) is 8.41. The minimum absolute atomic E-state index is 0.340. The lowest BCUT2D eigenvalue weighted by Gasteiger charge is -2.45. The molecule has 21 heavy (non-hydrogen) atoms. The van der Waals surface area contributed by atoms with E-state index in [1.165, 1.54) is 6.42 Å². The number of nitrogens with one attached hydrogen (secondary N) is 1. The van der Waals surface area contributed by atoms with Crippen molar-refractivity contribution in [3.8, 4) is 0 Å². The van der Waals surface area contributed by atoms with Crippen molar-refractivity contribution in [3.05, 3.63) is 23.4 Å². The van der Waals surface area contributed by atoms with E-state index in [9.17, 15) is 0 Å². The third-order valence-corrected chi connectivity index (χ3v) is 4.51. The molecule has 0 radical (unpaired) electrons. The molecule has 0 spiro atoms. The van der Waals surface area contributed by atoms with E-state index in [4.69, 9.17) is 18.0 Å². The van der Waals surface area contributed by atoms with Crippen molar-refractivity contribution in [3.63, 3.8) is 0 Å². The van der Waals surface area contributed by atoms with Crippen LogP contribution in [0.15, 0.2) is 12.3 Å². The number of aryl methyl sites for hydroxylation is 1. The van der Waals surface area contributed by atoms with Crippen molar-refractivity contribution in [1.29, 1.82) is 0 Å². The highest BCUT2D eigenvalue weighted by Gasteiger charge is 2.38. The molecule has 3 nitrogen and oxygen atoms in total. The van der Waals surface area contributed by atoms with Gasteiger partial charge in [0.1, 0.15) is 10.8 Å². The largest absolute Gasteiger partial charge is 0.389 e. The van der Waals surface area contributed by atoms with Crippen LogP contribution in [0.1, 0.15) is 58.1 Å². The number of aromatic nitrogens is 1. The van der Waals surface area contributed by atoms with Crippen LogP contribution in [-0.4, -0.2) is 16.0 Å². The van der Waals surface area contributed by atoms with Crippen molar-refractivity contribution in [2.24, 2.45) is 16.6 Å². The molecular weight excluding hydrogens is 278 g/mol. The summed E-state index contributed by atoms with van der Waals surface area (Å²) in [6.07, 6.45) is 5.35. The van der Waals surface area contributed by atoms with Crippen molar-refractivity contribution in [2.45, 2.75) is 59.9 Å². The first-order valence-electron chi connectivity index (χ1n) is 7.62. The maximum atomic E-state index is 5.88. The highest BCUT2D eigenvalue weighted by molar-refractivity contribution is 7.80. The summed E-state index contributed by atoms with van der Waals surface area (Å²) in [5, 5.41) is 3.60. The third-order valence-electron chi connectivity index (χ3n) is 4.30. The molecule has 0 bridgehead atoms. The maximum absolute atomic E-state index is 5.88. The van der Waals surface area contributed by atoms with Gasteiger partial charge in [-0.1, -0.05) is 39.9 Å². The lowest BCUT2D eigenvalue weighted by Crippen LogP contribution is -2.40. The molecule has 1 aromatic rings. The minimum Gasteiger partial charge on any atom is -0.389 e. The molecule has 3 N–H and O–H groups in total. The van der Waals surface area contributed by atoms with Crippen LogP contribution in [0.25, 0.3) is 0 Å². The summed E-state index contributed by atoms with van der Waals surface area (Å²) in [6.45, 7) is 11.4. The van der Waals surface area contributed by atoms with Gasteiger partial charge in [-0.25, -0.2) is 4.98 Å². The van der Waals surface area contributed by atoms with E-state index in [0.29, 0.717) is 21.9 Å². The lowest BCUT2D eigenvalue weighted by atomic mass is 9.63. The zero-order chi connectivity index (χ0) is 15.8. The second kappa shape index (κ2) is 5.56. The highest BCUT2D eigenvalue weighted by Crippen LogP contribution is 2.46. The molecule has 0 unspecified atom stereocenters. The molecule has 0 amide bonds. The Bertz CT molecular complexity index is 533. The molecule has 0 atom stereocenters. The Morgan fingerprint density at radius 3 is 2.38 bits per heavy atom. The monoisotopic (exact) mass is 305 g/mol. The van der Waals surface area contributed by atoms with Crippen LogP contribution >= 0.6 is 12.2 Å². The average Bonchev–Trinajstić information content (AvgIpc) is 2.23. The highest BCUT2D eigenvalue weighted by atomic mass is 32.1. The van der Waals surface area contributed by atoms with Crippen molar-refractivity contribution in [2.75, 3.05) is 5.32 Å². The summed E-state index contributed by atoms with van der Waals surface area (Å²) in [7, 11) is 0. The molecule has 1 heterocycles. The second-order valence-electron chi connectivity index (χ2n) is 7.97. The topological polar surface area (TPSA) is 50.9 Å². The number of hydrogen-bond donors (Lipinski definition) is 2. The Kier molecular flexibility index (Phi) is 4.29. The third kappa shape index (κ3) is 3.94. The van der Waals surface area contributed by atoms with E-state index in [1.807, 2.05) is 19.2 Å². The smallest absolute Gasteiger partial charge is 0.136 e. The Morgan fingerprint density at radius 1 is 1.29 bits per heavy atom. The van der Waals surface area contributed by atoms with Crippen LogP contribution in [0.5, 0.6) is 0 Å². The summed E-state index contributed by atoms with van der Waals surface area (Å²) in [4.78, 5) is 4.89. The summed E-state index contributed by atoms with van der Waals surface area (Å²) in [5.41, 5.74) is 8.52. The predicted molar refractivity (Wildman–Crippen MR) is 93.7 cm³/mol.